The lowest BCUT2D eigenvalue weighted by molar-refractivity contribution is -0.107. The highest BCUT2D eigenvalue weighted by atomic mass is 16.1. The van der Waals surface area contributed by atoms with E-state index >= 15 is 0 Å². The van der Waals surface area contributed by atoms with Crippen LogP contribution in [0.1, 0.15) is 51.5 Å². The lowest BCUT2D eigenvalue weighted by atomic mass is 10.1. The number of aryl methyl sites for hydroxylation is 1. The van der Waals surface area contributed by atoms with Crippen LogP contribution in [-0.4, -0.2) is 6.29 Å². The molecule has 0 aliphatic heterocycles. The second-order valence-corrected chi connectivity index (χ2v) is 3.87. The van der Waals surface area contributed by atoms with Crippen LogP contribution in [0.5, 0.6) is 0 Å². The molecule has 1 nitrogen and oxygen atoms in total. The van der Waals surface area contributed by atoms with E-state index in [0.717, 1.165) is 6.29 Å². The van der Waals surface area contributed by atoms with E-state index in [1.165, 1.54) is 37.7 Å². The van der Waals surface area contributed by atoms with Crippen molar-refractivity contribution in [2.75, 3.05) is 0 Å². The van der Waals surface area contributed by atoms with Gasteiger partial charge in [-0.1, -0.05) is 63.4 Å². The molecular formula is C15H24O. The number of rotatable bonds is 6. The molecule has 90 valence electrons. The molecule has 0 bridgehead atoms. The van der Waals surface area contributed by atoms with E-state index in [1.54, 1.807) is 0 Å². The predicted molar refractivity (Wildman–Crippen MR) is 70.6 cm³/mol. The quantitative estimate of drug-likeness (QED) is 0.513. The Labute approximate surface area is 99.9 Å². The molecule has 1 rings (SSSR count). The molecule has 0 amide bonds. The lowest BCUT2D eigenvalue weighted by Crippen LogP contribution is -1.84. The highest BCUT2D eigenvalue weighted by Gasteiger charge is 1.90. The zero-order valence-corrected chi connectivity index (χ0v) is 10.6. The van der Waals surface area contributed by atoms with Crippen molar-refractivity contribution in [2.45, 2.75) is 52.4 Å². The number of aldehydes is 1. The third kappa shape index (κ3) is 9.45. The smallest absolute Gasteiger partial charge is 0.119 e. The highest BCUT2D eigenvalue weighted by Crippen LogP contribution is 2.06. The summed E-state index contributed by atoms with van der Waals surface area (Å²) in [5.41, 5.74) is 1.48. The third-order valence-corrected chi connectivity index (χ3v) is 2.33. The Balaban J connectivity index is 0.000000487. The standard InChI is InChI=1S/C12H18.C3H6O/c1-2-3-4-6-9-12-10-7-5-8-11-12;1-2-3-4/h5,7-8,10-11H,2-4,6,9H2,1H3;3H,2H2,1H3. The zero-order valence-electron chi connectivity index (χ0n) is 10.6. The molecule has 0 fully saturated rings. The normalized spacial score (nSPS) is 9.12. The molecule has 0 radical (unpaired) electrons. The first kappa shape index (κ1) is 14.9. The SMILES string of the molecule is CCC=O.CCCCCCc1ccccc1. The molecule has 0 saturated heterocycles. The fraction of sp³-hybridized carbons (Fsp3) is 0.533. The lowest BCUT2D eigenvalue weighted by Gasteiger charge is -1.99. The zero-order chi connectivity index (χ0) is 12.1. The molecule has 0 aliphatic rings. The van der Waals surface area contributed by atoms with E-state index in [1.807, 2.05) is 6.92 Å². The van der Waals surface area contributed by atoms with Gasteiger partial charge in [0.2, 0.25) is 0 Å². The Morgan fingerprint density at radius 3 is 2.12 bits per heavy atom. The maximum Gasteiger partial charge on any atom is 0.119 e. The number of unbranched alkanes of at least 4 members (excludes halogenated alkanes) is 3. The maximum absolute atomic E-state index is 9.17. The summed E-state index contributed by atoms with van der Waals surface area (Å²) in [5, 5.41) is 0. The number of carbonyl (C=O) groups is 1. The highest BCUT2D eigenvalue weighted by molar-refractivity contribution is 5.48. The molecule has 0 atom stereocenters. The molecule has 0 heterocycles. The van der Waals surface area contributed by atoms with Crippen molar-refractivity contribution in [1.82, 2.24) is 0 Å². The van der Waals surface area contributed by atoms with Crippen LogP contribution < -0.4 is 0 Å². The van der Waals surface area contributed by atoms with Crippen molar-refractivity contribution in [3.05, 3.63) is 35.9 Å². The minimum atomic E-state index is 0.639. The van der Waals surface area contributed by atoms with Gasteiger partial charge in [0.15, 0.2) is 0 Å². The summed E-state index contributed by atoms with van der Waals surface area (Å²) in [6.07, 6.45) is 8.20. The molecular weight excluding hydrogens is 196 g/mol. The van der Waals surface area contributed by atoms with Crippen molar-refractivity contribution in [1.29, 1.82) is 0 Å². The Hall–Kier alpha value is -1.11. The molecule has 0 unspecified atom stereocenters. The van der Waals surface area contributed by atoms with Gasteiger partial charge in [0, 0.05) is 6.42 Å². The Morgan fingerprint density at radius 1 is 1.00 bits per heavy atom. The van der Waals surface area contributed by atoms with E-state index in [2.05, 4.69) is 37.3 Å². The van der Waals surface area contributed by atoms with E-state index in [4.69, 9.17) is 0 Å². The van der Waals surface area contributed by atoms with Gasteiger partial charge in [-0.2, -0.15) is 0 Å². The van der Waals surface area contributed by atoms with Crippen molar-refractivity contribution < 1.29 is 4.79 Å². The molecule has 16 heavy (non-hydrogen) atoms. The molecule has 0 spiro atoms. The fourth-order valence-corrected chi connectivity index (χ4v) is 1.40. The van der Waals surface area contributed by atoms with Gasteiger partial charge in [-0.25, -0.2) is 0 Å². The second-order valence-electron chi connectivity index (χ2n) is 3.87. The summed E-state index contributed by atoms with van der Waals surface area (Å²) >= 11 is 0. The summed E-state index contributed by atoms with van der Waals surface area (Å²) in [6, 6.07) is 10.7. The Kier molecular flexibility index (Phi) is 11.1. The summed E-state index contributed by atoms with van der Waals surface area (Å²) < 4.78 is 0. The van der Waals surface area contributed by atoms with Crippen molar-refractivity contribution in [3.63, 3.8) is 0 Å². The largest absolute Gasteiger partial charge is 0.303 e. The average Bonchev–Trinajstić information content (AvgIpc) is 2.36. The number of carbonyl (C=O) groups excluding carboxylic acids is 1. The van der Waals surface area contributed by atoms with Gasteiger partial charge in [0.25, 0.3) is 0 Å². The minimum Gasteiger partial charge on any atom is -0.303 e. The van der Waals surface area contributed by atoms with Crippen molar-refractivity contribution >= 4 is 6.29 Å². The first-order chi connectivity index (χ1) is 7.85. The van der Waals surface area contributed by atoms with Gasteiger partial charge in [-0.15, -0.1) is 0 Å². The van der Waals surface area contributed by atoms with Crippen LogP contribution in [-0.2, 0) is 11.2 Å². The molecule has 1 heteroatoms. The van der Waals surface area contributed by atoms with E-state index in [9.17, 15) is 4.79 Å². The van der Waals surface area contributed by atoms with Crippen LogP contribution in [0.4, 0.5) is 0 Å². The molecule has 1 aromatic rings. The first-order valence-electron chi connectivity index (χ1n) is 6.32. The summed E-state index contributed by atoms with van der Waals surface area (Å²) in [5.74, 6) is 0. The maximum atomic E-state index is 9.17. The summed E-state index contributed by atoms with van der Waals surface area (Å²) in [4.78, 5) is 9.17. The fourth-order valence-electron chi connectivity index (χ4n) is 1.40. The third-order valence-electron chi connectivity index (χ3n) is 2.33. The average molecular weight is 220 g/mol. The topological polar surface area (TPSA) is 17.1 Å². The van der Waals surface area contributed by atoms with Gasteiger partial charge >= 0.3 is 0 Å². The minimum absolute atomic E-state index is 0.639. The monoisotopic (exact) mass is 220 g/mol. The number of benzene rings is 1. The van der Waals surface area contributed by atoms with Crippen LogP contribution in [0.25, 0.3) is 0 Å². The van der Waals surface area contributed by atoms with Crippen LogP contribution in [0.2, 0.25) is 0 Å². The molecule has 1 aromatic carbocycles. The van der Waals surface area contributed by atoms with Crippen LogP contribution in [0, 0.1) is 0 Å². The first-order valence-corrected chi connectivity index (χ1v) is 6.32. The van der Waals surface area contributed by atoms with Gasteiger partial charge in [-0.05, 0) is 18.4 Å². The summed E-state index contributed by atoms with van der Waals surface area (Å²) in [7, 11) is 0. The van der Waals surface area contributed by atoms with E-state index < -0.39 is 0 Å². The van der Waals surface area contributed by atoms with E-state index in [0.29, 0.717) is 6.42 Å². The van der Waals surface area contributed by atoms with E-state index in [-0.39, 0.29) is 0 Å². The van der Waals surface area contributed by atoms with Gasteiger partial charge in [-0.3, -0.25) is 0 Å². The van der Waals surface area contributed by atoms with Crippen molar-refractivity contribution in [2.24, 2.45) is 0 Å². The molecule has 0 aliphatic carbocycles. The molecule has 0 saturated carbocycles. The molecule has 0 aromatic heterocycles. The Morgan fingerprint density at radius 2 is 1.62 bits per heavy atom. The van der Waals surface area contributed by atoms with Gasteiger partial charge < -0.3 is 4.79 Å². The number of hydrogen-bond donors (Lipinski definition) is 0. The van der Waals surface area contributed by atoms with Crippen LogP contribution in [0.3, 0.4) is 0 Å². The Bertz CT molecular complexity index is 241. The molecule has 0 N–H and O–H groups in total. The summed E-state index contributed by atoms with van der Waals surface area (Å²) in [6.45, 7) is 4.06. The van der Waals surface area contributed by atoms with Crippen LogP contribution >= 0.6 is 0 Å². The van der Waals surface area contributed by atoms with Crippen molar-refractivity contribution in [3.8, 4) is 0 Å². The van der Waals surface area contributed by atoms with Gasteiger partial charge in [0.05, 0.1) is 0 Å². The van der Waals surface area contributed by atoms with Gasteiger partial charge in [0.1, 0.15) is 6.29 Å². The predicted octanol–water partition coefficient (Wildman–Crippen LogP) is 4.40. The number of hydrogen-bond acceptors (Lipinski definition) is 1. The second kappa shape index (κ2) is 12.0. The van der Waals surface area contributed by atoms with Crippen LogP contribution in [0.15, 0.2) is 30.3 Å².